The van der Waals surface area contributed by atoms with Gasteiger partial charge in [0.2, 0.25) is 0 Å². The van der Waals surface area contributed by atoms with Gasteiger partial charge in [0.05, 0.1) is 0 Å². The van der Waals surface area contributed by atoms with Crippen molar-refractivity contribution >= 4 is 0 Å². The largest absolute Gasteiger partial charge is 0.0654 e. The Hall–Kier alpha value is 0. The Morgan fingerprint density at radius 1 is 1.00 bits per heavy atom. The smallest absolute Gasteiger partial charge is 0.0443 e. The third kappa shape index (κ3) is 5.88. The van der Waals surface area contributed by atoms with Crippen molar-refractivity contribution in [3.63, 3.8) is 0 Å². The predicted octanol–water partition coefficient (Wildman–Crippen LogP) is 3.61. The molecule has 0 aromatic heterocycles. The molecule has 0 heteroatoms. The van der Waals surface area contributed by atoms with Crippen LogP contribution in [0.2, 0.25) is 0 Å². The molecule has 0 spiro atoms. The summed E-state index contributed by atoms with van der Waals surface area (Å²) in [5.74, 6) is 0.968. The lowest BCUT2D eigenvalue weighted by Crippen LogP contribution is -1.92. The zero-order chi connectivity index (χ0) is 7.11. The third-order valence-electron chi connectivity index (χ3n) is 1.83. The molecule has 0 radical (unpaired) electrons. The van der Waals surface area contributed by atoms with Crippen molar-refractivity contribution in [1.82, 2.24) is 0 Å². The quantitative estimate of drug-likeness (QED) is 0.530. The van der Waals surface area contributed by atoms with Gasteiger partial charge in [-0.05, 0) is 5.92 Å². The average Bonchev–Trinajstić information content (AvgIpc) is 1.85. The van der Waals surface area contributed by atoms with E-state index in [1.165, 1.54) is 32.1 Å². The van der Waals surface area contributed by atoms with Gasteiger partial charge < -0.3 is 0 Å². The van der Waals surface area contributed by atoms with Gasteiger partial charge in [0.1, 0.15) is 0 Å². The number of rotatable bonds is 5. The van der Waals surface area contributed by atoms with E-state index in [1.54, 1.807) is 0 Å². The monoisotopic (exact) mass is 128 g/mol. The highest BCUT2D eigenvalue weighted by atomic mass is 14.0. The Labute approximate surface area is 59.7 Å². The van der Waals surface area contributed by atoms with Gasteiger partial charge in [-0.15, -0.1) is 0 Å². The molecule has 0 saturated carbocycles. The van der Waals surface area contributed by atoms with E-state index in [0.717, 1.165) is 5.92 Å². The molecule has 0 amide bonds. The lowest BCUT2D eigenvalue weighted by atomic mass is 10.00. The summed E-state index contributed by atoms with van der Waals surface area (Å²) in [6.07, 6.45) is 6.98. The van der Waals surface area contributed by atoms with E-state index < -0.39 is 0 Å². The van der Waals surface area contributed by atoms with Gasteiger partial charge in [-0.25, -0.2) is 0 Å². The van der Waals surface area contributed by atoms with Crippen molar-refractivity contribution in [3.05, 3.63) is 0 Å². The van der Waals surface area contributed by atoms with E-state index >= 15 is 0 Å². The molecule has 0 nitrogen and oxygen atoms in total. The molecule has 0 aliphatic rings. The molecule has 0 bridgehead atoms. The van der Waals surface area contributed by atoms with Gasteiger partial charge in [-0.1, -0.05) is 52.9 Å². The average molecular weight is 128 g/mol. The normalized spacial score (nSPS) is 13.7. The SMILES string of the molecule is CCCC[C@@H](C)CCC. The Bertz CT molecular complexity index is 48.0. The van der Waals surface area contributed by atoms with Crippen LogP contribution in [0.5, 0.6) is 0 Å². The molecule has 0 fully saturated rings. The van der Waals surface area contributed by atoms with E-state index in [-0.39, 0.29) is 0 Å². The maximum absolute atomic E-state index is 2.36. The van der Waals surface area contributed by atoms with Crippen LogP contribution < -0.4 is 0 Å². The second-order valence-corrected chi connectivity index (χ2v) is 3.04. The summed E-state index contributed by atoms with van der Waals surface area (Å²) in [5, 5.41) is 0. The maximum Gasteiger partial charge on any atom is -0.0443 e. The molecule has 56 valence electrons. The van der Waals surface area contributed by atoms with Gasteiger partial charge in [-0.3, -0.25) is 0 Å². The summed E-state index contributed by atoms with van der Waals surface area (Å²) in [6, 6.07) is 0. The molecule has 0 aliphatic heterocycles. The zero-order valence-corrected chi connectivity index (χ0v) is 7.11. The molecular weight excluding hydrogens is 108 g/mol. The summed E-state index contributed by atoms with van der Waals surface area (Å²) in [5.41, 5.74) is 0. The van der Waals surface area contributed by atoms with Crippen molar-refractivity contribution in [2.45, 2.75) is 52.9 Å². The first-order valence-corrected chi connectivity index (χ1v) is 4.31. The molecule has 0 saturated heterocycles. The first kappa shape index (κ1) is 9.00. The van der Waals surface area contributed by atoms with Crippen LogP contribution in [0.4, 0.5) is 0 Å². The van der Waals surface area contributed by atoms with Gasteiger partial charge in [0.15, 0.2) is 0 Å². The second-order valence-electron chi connectivity index (χ2n) is 3.04. The van der Waals surface area contributed by atoms with Crippen LogP contribution in [-0.4, -0.2) is 0 Å². The molecular formula is C9H20. The first-order valence-electron chi connectivity index (χ1n) is 4.31. The summed E-state index contributed by atoms with van der Waals surface area (Å²) in [6.45, 7) is 6.89. The van der Waals surface area contributed by atoms with Crippen LogP contribution in [0, 0.1) is 5.92 Å². The lowest BCUT2D eigenvalue weighted by molar-refractivity contribution is 0.466. The number of hydrogen-bond acceptors (Lipinski definition) is 0. The Balaban J connectivity index is 2.95. The fourth-order valence-electron chi connectivity index (χ4n) is 1.19. The van der Waals surface area contributed by atoms with Crippen molar-refractivity contribution in [2.24, 2.45) is 5.92 Å². The fourth-order valence-corrected chi connectivity index (χ4v) is 1.19. The highest BCUT2D eigenvalue weighted by Crippen LogP contribution is 2.12. The number of unbranched alkanes of at least 4 members (excludes halogenated alkanes) is 1. The predicted molar refractivity (Wildman–Crippen MR) is 43.6 cm³/mol. The Morgan fingerprint density at radius 2 is 1.67 bits per heavy atom. The Morgan fingerprint density at radius 3 is 2.11 bits per heavy atom. The minimum atomic E-state index is 0.968. The highest BCUT2D eigenvalue weighted by Gasteiger charge is 1.97. The molecule has 9 heavy (non-hydrogen) atoms. The minimum absolute atomic E-state index is 0.968. The van der Waals surface area contributed by atoms with Crippen molar-refractivity contribution in [2.75, 3.05) is 0 Å². The van der Waals surface area contributed by atoms with Crippen LogP contribution in [-0.2, 0) is 0 Å². The molecule has 0 aromatic rings. The standard InChI is InChI=1S/C9H20/c1-4-6-8-9(3)7-5-2/h9H,4-8H2,1-3H3/t9-/m0/s1. The van der Waals surface area contributed by atoms with E-state index in [0.29, 0.717) is 0 Å². The Kier molecular flexibility index (Phi) is 6.12. The first-order chi connectivity index (χ1) is 4.31. The van der Waals surface area contributed by atoms with Gasteiger partial charge >= 0.3 is 0 Å². The molecule has 0 N–H and O–H groups in total. The van der Waals surface area contributed by atoms with Crippen LogP contribution in [0.25, 0.3) is 0 Å². The topological polar surface area (TPSA) is 0 Å². The summed E-state index contributed by atoms with van der Waals surface area (Å²) in [4.78, 5) is 0. The third-order valence-corrected chi connectivity index (χ3v) is 1.83. The molecule has 0 unspecified atom stereocenters. The summed E-state index contributed by atoms with van der Waals surface area (Å²) >= 11 is 0. The van der Waals surface area contributed by atoms with Crippen LogP contribution in [0.1, 0.15) is 52.9 Å². The minimum Gasteiger partial charge on any atom is -0.0654 e. The highest BCUT2D eigenvalue weighted by molar-refractivity contribution is 4.50. The molecule has 0 heterocycles. The second kappa shape index (κ2) is 6.12. The summed E-state index contributed by atoms with van der Waals surface area (Å²) in [7, 11) is 0. The van der Waals surface area contributed by atoms with Crippen LogP contribution in [0.15, 0.2) is 0 Å². The number of hydrogen-bond donors (Lipinski definition) is 0. The maximum atomic E-state index is 2.36. The molecule has 1 atom stereocenters. The fraction of sp³-hybridized carbons (Fsp3) is 1.00. The van der Waals surface area contributed by atoms with Crippen LogP contribution in [0.3, 0.4) is 0 Å². The van der Waals surface area contributed by atoms with E-state index in [4.69, 9.17) is 0 Å². The van der Waals surface area contributed by atoms with Gasteiger partial charge in [0.25, 0.3) is 0 Å². The van der Waals surface area contributed by atoms with Crippen molar-refractivity contribution in [1.29, 1.82) is 0 Å². The van der Waals surface area contributed by atoms with Crippen molar-refractivity contribution in [3.8, 4) is 0 Å². The van der Waals surface area contributed by atoms with Crippen molar-refractivity contribution < 1.29 is 0 Å². The zero-order valence-electron chi connectivity index (χ0n) is 7.11. The lowest BCUT2D eigenvalue weighted by Gasteiger charge is -2.07. The van der Waals surface area contributed by atoms with E-state index in [2.05, 4.69) is 20.8 Å². The van der Waals surface area contributed by atoms with Gasteiger partial charge in [0, 0.05) is 0 Å². The van der Waals surface area contributed by atoms with Crippen LogP contribution >= 0.6 is 0 Å². The summed E-state index contributed by atoms with van der Waals surface area (Å²) < 4.78 is 0. The van der Waals surface area contributed by atoms with E-state index in [9.17, 15) is 0 Å². The molecule has 0 aliphatic carbocycles. The van der Waals surface area contributed by atoms with Gasteiger partial charge in [-0.2, -0.15) is 0 Å². The molecule has 0 rings (SSSR count). The molecule has 0 aromatic carbocycles. The van der Waals surface area contributed by atoms with E-state index in [1.807, 2.05) is 0 Å².